The molecule has 2 aromatic carbocycles. The standard InChI is InChI=1S/C40H43N7O4/c1-40(2,50)21-47-30-12-8-23(15-24(30)10-14-34(47)48)28-11-7-25-17-32(45(37(25)42-28)19-22-5-6-22)38-43-29-16-27(18-33(51-4)36(29)44(38)3)39(49)46-20-26-9-13-31(46)35(26)41/h7-8,10-12,14-18,22,26,31,35,50H,5-6,9,13,19-21,41H2,1-4H3. The van der Waals surface area contributed by atoms with Crippen molar-refractivity contribution in [3.05, 3.63) is 76.6 Å². The van der Waals surface area contributed by atoms with Crippen molar-refractivity contribution in [2.75, 3.05) is 13.7 Å². The topological polar surface area (TPSA) is 133 Å². The van der Waals surface area contributed by atoms with Crippen LogP contribution in [-0.2, 0) is 20.1 Å². The SMILES string of the molecule is COc1cc(C(=O)N2CC3CCC2C3N)cc2nc(-c3cc4ccc(-c5ccc6c(ccc(=O)n6CC(C)(C)O)c5)nc4n3CC3CC3)n(C)c12. The fraction of sp³-hybridized carbons (Fsp3) is 0.400. The van der Waals surface area contributed by atoms with E-state index in [2.05, 4.69) is 27.3 Å². The number of hydrogen-bond donors (Lipinski definition) is 2. The third-order valence-electron chi connectivity index (χ3n) is 11.3. The zero-order chi connectivity index (χ0) is 35.3. The van der Waals surface area contributed by atoms with Crippen LogP contribution in [0.15, 0.2) is 65.5 Å². The van der Waals surface area contributed by atoms with E-state index < -0.39 is 5.60 Å². The molecule has 3 N–H and O–H groups in total. The minimum absolute atomic E-state index is 0.0150. The molecule has 0 radical (unpaired) electrons. The number of aromatic nitrogens is 5. The molecule has 3 unspecified atom stereocenters. The number of piperidine rings is 1. The second-order valence-corrected chi connectivity index (χ2v) is 15.5. The van der Waals surface area contributed by atoms with E-state index in [-0.39, 0.29) is 30.1 Å². The van der Waals surface area contributed by atoms with Crippen LogP contribution in [0.3, 0.4) is 0 Å². The summed E-state index contributed by atoms with van der Waals surface area (Å²) < 4.78 is 11.9. The number of methoxy groups -OCH3 is 1. The molecule has 262 valence electrons. The van der Waals surface area contributed by atoms with Gasteiger partial charge in [0.05, 0.1) is 41.7 Å². The molecule has 0 spiro atoms. The van der Waals surface area contributed by atoms with Gasteiger partial charge in [-0.15, -0.1) is 0 Å². The Balaban J connectivity index is 1.13. The van der Waals surface area contributed by atoms with Gasteiger partial charge in [0.2, 0.25) is 0 Å². The number of fused-ring (bicyclic) bond motifs is 5. The van der Waals surface area contributed by atoms with E-state index in [1.807, 2.05) is 48.3 Å². The van der Waals surface area contributed by atoms with Gasteiger partial charge in [-0.05, 0) is 105 Å². The molecule has 1 aliphatic heterocycles. The van der Waals surface area contributed by atoms with Gasteiger partial charge in [-0.25, -0.2) is 9.97 Å². The number of carbonyl (C=O) groups excluding carboxylic acids is 1. The predicted molar refractivity (Wildman–Crippen MR) is 198 cm³/mol. The summed E-state index contributed by atoms with van der Waals surface area (Å²) in [6.07, 6.45) is 4.40. The third-order valence-corrected chi connectivity index (χ3v) is 11.3. The lowest BCUT2D eigenvalue weighted by Gasteiger charge is -2.27. The molecule has 5 heterocycles. The Morgan fingerprint density at radius 3 is 2.49 bits per heavy atom. The number of likely N-dealkylation sites (tertiary alicyclic amines) is 1. The van der Waals surface area contributed by atoms with Gasteiger partial charge in [0.1, 0.15) is 16.9 Å². The van der Waals surface area contributed by atoms with Crippen molar-refractivity contribution >= 4 is 38.9 Å². The quantitative estimate of drug-likeness (QED) is 0.222. The van der Waals surface area contributed by atoms with Crippen LogP contribution in [0.4, 0.5) is 0 Å². The molecule has 2 aliphatic carbocycles. The Morgan fingerprint density at radius 2 is 1.78 bits per heavy atom. The van der Waals surface area contributed by atoms with E-state index in [4.69, 9.17) is 20.4 Å². The van der Waals surface area contributed by atoms with Crippen LogP contribution in [0.2, 0.25) is 0 Å². The van der Waals surface area contributed by atoms with Crippen molar-refractivity contribution < 1.29 is 14.6 Å². The molecular weight excluding hydrogens is 642 g/mol. The number of aryl methyl sites for hydroxylation is 1. The summed E-state index contributed by atoms with van der Waals surface area (Å²) in [4.78, 5) is 38.9. The highest BCUT2D eigenvalue weighted by Crippen LogP contribution is 2.40. The molecule has 9 rings (SSSR count). The molecule has 6 aromatic rings. The normalized spacial score (nSPS) is 20.4. The second kappa shape index (κ2) is 11.5. The lowest BCUT2D eigenvalue weighted by atomic mass is 10.1. The highest BCUT2D eigenvalue weighted by molar-refractivity contribution is 6.00. The van der Waals surface area contributed by atoms with Crippen LogP contribution in [0, 0.1) is 11.8 Å². The molecular formula is C40H43N7O4. The first kappa shape index (κ1) is 31.9. The van der Waals surface area contributed by atoms with Gasteiger partial charge in [-0.3, -0.25) is 9.59 Å². The van der Waals surface area contributed by atoms with Crippen LogP contribution in [0.5, 0.6) is 5.75 Å². The lowest BCUT2D eigenvalue weighted by molar-refractivity contribution is 0.0617. The van der Waals surface area contributed by atoms with Gasteiger partial charge >= 0.3 is 0 Å². The van der Waals surface area contributed by atoms with Crippen LogP contribution >= 0.6 is 0 Å². The number of ether oxygens (including phenoxy) is 1. The minimum Gasteiger partial charge on any atom is -0.494 e. The predicted octanol–water partition coefficient (Wildman–Crippen LogP) is 5.32. The monoisotopic (exact) mass is 685 g/mol. The Hall–Kier alpha value is -5.00. The summed E-state index contributed by atoms with van der Waals surface area (Å²) in [5.41, 5.74) is 11.8. The molecule has 3 aliphatic rings. The summed E-state index contributed by atoms with van der Waals surface area (Å²) in [6.45, 7) is 5.14. The van der Waals surface area contributed by atoms with Crippen LogP contribution in [-0.4, -0.2) is 70.9 Å². The van der Waals surface area contributed by atoms with E-state index in [1.165, 1.54) is 12.8 Å². The van der Waals surface area contributed by atoms with Crippen molar-refractivity contribution in [3.8, 4) is 28.5 Å². The van der Waals surface area contributed by atoms with Gasteiger partial charge in [0, 0.05) is 54.8 Å². The number of hydrogen-bond acceptors (Lipinski definition) is 7. The molecule has 51 heavy (non-hydrogen) atoms. The third kappa shape index (κ3) is 5.33. The lowest BCUT2D eigenvalue weighted by Crippen LogP contribution is -2.41. The number of nitrogens with zero attached hydrogens (tertiary/aromatic N) is 6. The number of benzene rings is 2. The molecule has 3 atom stereocenters. The summed E-state index contributed by atoms with van der Waals surface area (Å²) in [7, 11) is 3.63. The van der Waals surface area contributed by atoms with Gasteiger partial charge in [-0.1, -0.05) is 6.07 Å². The van der Waals surface area contributed by atoms with Gasteiger partial charge in [-0.2, -0.15) is 0 Å². The number of pyridine rings is 2. The van der Waals surface area contributed by atoms with Crippen LogP contribution < -0.4 is 16.0 Å². The number of imidazole rings is 1. The Kier molecular flexibility index (Phi) is 7.21. The first-order chi connectivity index (χ1) is 24.5. The number of carbonyl (C=O) groups is 1. The summed E-state index contributed by atoms with van der Waals surface area (Å²) in [6, 6.07) is 19.5. The second-order valence-electron chi connectivity index (χ2n) is 15.5. The first-order valence-electron chi connectivity index (χ1n) is 18.0. The molecule has 11 nitrogen and oxygen atoms in total. The maximum absolute atomic E-state index is 13.8. The molecule has 2 bridgehead atoms. The fourth-order valence-electron chi connectivity index (χ4n) is 8.50. The molecule has 3 fully saturated rings. The van der Waals surface area contributed by atoms with Crippen molar-refractivity contribution in [2.45, 2.75) is 70.3 Å². The number of aliphatic hydroxyl groups is 1. The highest BCUT2D eigenvalue weighted by atomic mass is 16.5. The number of nitrogens with two attached hydrogens (primary N) is 1. The molecule has 11 heteroatoms. The molecule has 2 saturated carbocycles. The molecule has 1 amide bonds. The van der Waals surface area contributed by atoms with Crippen molar-refractivity contribution in [3.63, 3.8) is 0 Å². The maximum atomic E-state index is 13.8. The van der Waals surface area contributed by atoms with Crippen molar-refractivity contribution in [1.82, 2.24) is 28.6 Å². The van der Waals surface area contributed by atoms with Gasteiger partial charge < -0.3 is 34.2 Å². The first-order valence-corrected chi connectivity index (χ1v) is 18.0. The van der Waals surface area contributed by atoms with Gasteiger partial charge in [0.25, 0.3) is 11.5 Å². The van der Waals surface area contributed by atoms with Crippen LogP contribution in [0.25, 0.3) is 55.7 Å². The zero-order valence-electron chi connectivity index (χ0n) is 29.5. The van der Waals surface area contributed by atoms with E-state index in [9.17, 15) is 14.7 Å². The van der Waals surface area contributed by atoms with Crippen molar-refractivity contribution in [1.29, 1.82) is 0 Å². The maximum Gasteiger partial charge on any atom is 0.254 e. The average Bonchev–Trinajstić information content (AvgIpc) is 3.51. The van der Waals surface area contributed by atoms with Crippen LogP contribution in [0.1, 0.15) is 49.9 Å². The Labute approximate surface area is 295 Å². The molecule has 4 aromatic heterocycles. The smallest absolute Gasteiger partial charge is 0.254 e. The fourth-order valence-corrected chi connectivity index (χ4v) is 8.50. The number of amides is 1. The van der Waals surface area contributed by atoms with E-state index in [0.717, 1.165) is 69.6 Å². The van der Waals surface area contributed by atoms with E-state index >= 15 is 0 Å². The summed E-state index contributed by atoms with van der Waals surface area (Å²) in [5, 5.41) is 12.4. The minimum atomic E-state index is -1.03. The largest absolute Gasteiger partial charge is 0.494 e. The average molecular weight is 686 g/mol. The highest BCUT2D eigenvalue weighted by Gasteiger charge is 2.47. The number of rotatable bonds is 8. The van der Waals surface area contributed by atoms with E-state index in [0.29, 0.717) is 35.2 Å². The van der Waals surface area contributed by atoms with Gasteiger partial charge in [0.15, 0.2) is 5.82 Å². The zero-order valence-corrected chi connectivity index (χ0v) is 29.5. The Bertz CT molecular complexity index is 2450. The van der Waals surface area contributed by atoms with Crippen molar-refractivity contribution in [2.24, 2.45) is 24.6 Å². The van der Waals surface area contributed by atoms with E-state index in [1.54, 1.807) is 31.6 Å². The Morgan fingerprint density at radius 1 is 0.980 bits per heavy atom. The summed E-state index contributed by atoms with van der Waals surface area (Å²) >= 11 is 0. The summed E-state index contributed by atoms with van der Waals surface area (Å²) in [5.74, 6) is 2.33. The molecule has 1 saturated heterocycles.